The summed E-state index contributed by atoms with van der Waals surface area (Å²) < 4.78 is 9.37. The summed E-state index contributed by atoms with van der Waals surface area (Å²) in [6.07, 6.45) is 3.16. The summed E-state index contributed by atoms with van der Waals surface area (Å²) in [4.78, 5) is 23.0. The number of hydrogen-bond acceptors (Lipinski definition) is 5. The van der Waals surface area contributed by atoms with Crippen LogP contribution in [0.5, 0.6) is 0 Å². The van der Waals surface area contributed by atoms with Crippen LogP contribution in [0.3, 0.4) is 0 Å². The highest BCUT2D eigenvalue weighted by molar-refractivity contribution is 5.91. The minimum Gasteiger partial charge on any atom is -0.446 e. The third-order valence-corrected chi connectivity index (χ3v) is 4.70. The molecule has 4 aromatic rings. The maximum atomic E-state index is 12.6. The van der Waals surface area contributed by atoms with E-state index in [1.54, 1.807) is 18.3 Å². The Bertz CT molecular complexity index is 1120. The number of carbonyl (C=O) groups is 1. The molecular weight excluding hydrogens is 356 g/mol. The Morgan fingerprint density at radius 2 is 2.07 bits per heavy atom. The summed E-state index contributed by atoms with van der Waals surface area (Å²) >= 11 is 0. The van der Waals surface area contributed by atoms with E-state index in [1.165, 1.54) is 6.26 Å². The van der Waals surface area contributed by atoms with E-state index < -0.39 is 0 Å². The number of aryl methyl sites for hydroxylation is 2. The van der Waals surface area contributed by atoms with Gasteiger partial charge in [0, 0.05) is 19.3 Å². The first-order valence-electron chi connectivity index (χ1n) is 9.12. The third kappa shape index (κ3) is 3.53. The molecule has 0 aliphatic rings. The molecule has 3 aromatic heterocycles. The molecule has 1 amide bonds. The number of rotatable bonds is 6. The second kappa shape index (κ2) is 7.30. The number of aromatic nitrogens is 5. The van der Waals surface area contributed by atoms with Gasteiger partial charge in [0.25, 0.3) is 5.91 Å². The summed E-state index contributed by atoms with van der Waals surface area (Å²) in [5, 5.41) is 4.42. The van der Waals surface area contributed by atoms with Crippen LogP contribution in [-0.2, 0) is 13.1 Å². The van der Waals surface area contributed by atoms with Gasteiger partial charge < -0.3 is 13.9 Å². The molecule has 0 aliphatic carbocycles. The molecule has 28 heavy (non-hydrogen) atoms. The number of oxazole rings is 1. The monoisotopic (exact) mass is 378 g/mol. The van der Waals surface area contributed by atoms with Crippen molar-refractivity contribution in [3.8, 4) is 0 Å². The number of fused-ring (bicyclic) bond motifs is 1. The van der Waals surface area contributed by atoms with Crippen molar-refractivity contribution in [2.75, 3.05) is 13.6 Å². The molecular formula is C20H22N6O2. The fourth-order valence-corrected chi connectivity index (χ4v) is 3.21. The zero-order chi connectivity index (χ0) is 19.7. The van der Waals surface area contributed by atoms with E-state index in [0.717, 1.165) is 22.4 Å². The normalized spacial score (nSPS) is 11.2. The van der Waals surface area contributed by atoms with Gasteiger partial charge in [-0.1, -0.05) is 12.1 Å². The maximum Gasteiger partial charge on any atom is 0.275 e. The number of imidazole rings is 1. The molecule has 1 aromatic carbocycles. The van der Waals surface area contributed by atoms with Gasteiger partial charge in [0.2, 0.25) is 5.89 Å². The van der Waals surface area contributed by atoms with Crippen molar-refractivity contribution in [2.45, 2.75) is 26.9 Å². The van der Waals surface area contributed by atoms with Crippen LogP contribution in [0.15, 0.2) is 47.3 Å². The Balaban J connectivity index is 1.41. The van der Waals surface area contributed by atoms with Gasteiger partial charge in [-0.15, -0.1) is 0 Å². The van der Waals surface area contributed by atoms with Crippen molar-refractivity contribution in [1.82, 2.24) is 29.2 Å². The lowest BCUT2D eigenvalue weighted by Crippen LogP contribution is -2.30. The highest BCUT2D eigenvalue weighted by Crippen LogP contribution is 2.14. The van der Waals surface area contributed by atoms with E-state index in [4.69, 9.17) is 4.42 Å². The largest absolute Gasteiger partial charge is 0.446 e. The van der Waals surface area contributed by atoms with E-state index in [0.29, 0.717) is 31.2 Å². The molecule has 0 radical (unpaired) electrons. The Kier molecular flexibility index (Phi) is 4.68. The molecule has 3 heterocycles. The van der Waals surface area contributed by atoms with E-state index in [2.05, 4.69) is 15.1 Å². The molecule has 8 nitrogen and oxygen atoms in total. The highest BCUT2D eigenvalue weighted by atomic mass is 16.3. The number of hydrogen-bond donors (Lipinski definition) is 0. The molecule has 0 aliphatic heterocycles. The topological polar surface area (TPSA) is 82.0 Å². The standard InChI is InChI=1S/C20H22N6O2/c1-14-10-15(2)26(23-14)9-8-24(3)20(27)17-12-28-19(22-17)11-25-13-21-16-6-4-5-7-18(16)25/h4-7,10,12-13H,8-9,11H2,1-3H3. The van der Waals surface area contributed by atoms with Crippen molar-refractivity contribution in [2.24, 2.45) is 0 Å². The lowest BCUT2D eigenvalue weighted by Gasteiger charge is -2.16. The van der Waals surface area contributed by atoms with Crippen LogP contribution >= 0.6 is 0 Å². The molecule has 0 saturated heterocycles. The molecule has 0 N–H and O–H groups in total. The second-order valence-electron chi connectivity index (χ2n) is 6.86. The Labute approximate surface area is 162 Å². The molecule has 0 unspecified atom stereocenters. The second-order valence-corrected chi connectivity index (χ2v) is 6.86. The van der Waals surface area contributed by atoms with Crippen LogP contribution in [0.25, 0.3) is 11.0 Å². The Morgan fingerprint density at radius 3 is 2.86 bits per heavy atom. The predicted molar refractivity (Wildman–Crippen MR) is 104 cm³/mol. The third-order valence-electron chi connectivity index (χ3n) is 4.70. The van der Waals surface area contributed by atoms with Crippen molar-refractivity contribution >= 4 is 16.9 Å². The zero-order valence-electron chi connectivity index (χ0n) is 16.2. The fraction of sp³-hybridized carbons (Fsp3) is 0.300. The number of amides is 1. The van der Waals surface area contributed by atoms with Gasteiger partial charge >= 0.3 is 0 Å². The molecule has 8 heteroatoms. The van der Waals surface area contributed by atoms with E-state index in [1.807, 2.05) is 53.4 Å². The van der Waals surface area contributed by atoms with Gasteiger partial charge in [-0.05, 0) is 32.0 Å². The number of carbonyl (C=O) groups excluding carboxylic acids is 1. The van der Waals surface area contributed by atoms with Gasteiger partial charge in [-0.2, -0.15) is 5.10 Å². The lowest BCUT2D eigenvalue weighted by atomic mass is 10.3. The number of nitrogens with zero attached hydrogens (tertiary/aromatic N) is 6. The first-order valence-corrected chi connectivity index (χ1v) is 9.12. The summed E-state index contributed by atoms with van der Waals surface area (Å²) in [6.45, 7) is 5.55. The minimum absolute atomic E-state index is 0.174. The lowest BCUT2D eigenvalue weighted by molar-refractivity contribution is 0.0783. The molecule has 0 atom stereocenters. The highest BCUT2D eigenvalue weighted by Gasteiger charge is 2.17. The molecule has 0 spiro atoms. The number of para-hydroxylation sites is 2. The van der Waals surface area contributed by atoms with Crippen LogP contribution in [-0.4, -0.2) is 48.7 Å². The van der Waals surface area contributed by atoms with Gasteiger partial charge in [-0.3, -0.25) is 9.48 Å². The van der Waals surface area contributed by atoms with Crippen LogP contribution in [0.4, 0.5) is 0 Å². The van der Waals surface area contributed by atoms with Crippen molar-refractivity contribution in [3.63, 3.8) is 0 Å². The molecule has 0 saturated carbocycles. The Morgan fingerprint density at radius 1 is 1.25 bits per heavy atom. The van der Waals surface area contributed by atoms with E-state index in [9.17, 15) is 4.79 Å². The van der Waals surface area contributed by atoms with Gasteiger partial charge in [-0.25, -0.2) is 9.97 Å². The first-order chi connectivity index (χ1) is 13.5. The minimum atomic E-state index is -0.174. The zero-order valence-corrected chi connectivity index (χ0v) is 16.2. The SMILES string of the molecule is Cc1cc(C)n(CCN(C)C(=O)c2coc(Cn3cnc4ccccc43)n2)n1. The summed E-state index contributed by atoms with van der Waals surface area (Å²) in [5.41, 5.74) is 4.26. The van der Waals surface area contributed by atoms with Gasteiger partial charge in [0.15, 0.2) is 5.69 Å². The molecule has 0 bridgehead atoms. The number of benzene rings is 1. The first kappa shape index (κ1) is 18.0. The van der Waals surface area contributed by atoms with Crippen molar-refractivity contribution in [1.29, 1.82) is 0 Å². The Hall–Kier alpha value is -3.42. The van der Waals surface area contributed by atoms with E-state index in [-0.39, 0.29) is 5.91 Å². The predicted octanol–water partition coefficient (Wildman–Crippen LogP) is 2.66. The quantitative estimate of drug-likeness (QED) is 0.515. The summed E-state index contributed by atoms with van der Waals surface area (Å²) in [7, 11) is 1.76. The summed E-state index contributed by atoms with van der Waals surface area (Å²) in [5.74, 6) is 0.297. The van der Waals surface area contributed by atoms with Crippen molar-refractivity contribution < 1.29 is 9.21 Å². The molecule has 0 fully saturated rings. The molecule has 4 rings (SSSR count). The van der Waals surface area contributed by atoms with Crippen LogP contribution in [0.1, 0.15) is 27.8 Å². The van der Waals surface area contributed by atoms with Crippen molar-refractivity contribution in [3.05, 3.63) is 65.9 Å². The van der Waals surface area contributed by atoms with Crippen LogP contribution in [0, 0.1) is 13.8 Å². The van der Waals surface area contributed by atoms with Gasteiger partial charge in [0.1, 0.15) is 12.8 Å². The van der Waals surface area contributed by atoms with Crippen LogP contribution < -0.4 is 0 Å². The fourth-order valence-electron chi connectivity index (χ4n) is 3.21. The van der Waals surface area contributed by atoms with Gasteiger partial charge in [0.05, 0.1) is 29.6 Å². The number of likely N-dealkylation sites (N-methyl/N-ethyl adjacent to an activating group) is 1. The average Bonchev–Trinajstić information content (AvgIpc) is 3.39. The van der Waals surface area contributed by atoms with E-state index >= 15 is 0 Å². The molecule has 144 valence electrons. The maximum absolute atomic E-state index is 12.6. The summed E-state index contributed by atoms with van der Waals surface area (Å²) in [6, 6.07) is 9.87. The smallest absolute Gasteiger partial charge is 0.275 e. The average molecular weight is 378 g/mol. The van der Waals surface area contributed by atoms with Crippen LogP contribution in [0.2, 0.25) is 0 Å².